The highest BCUT2D eigenvalue weighted by atomic mass is 16.5. The number of fused-ring (bicyclic) bond motifs is 1. The Morgan fingerprint density at radius 3 is 2.75 bits per heavy atom. The number of para-hydroxylation sites is 2. The maximum Gasteiger partial charge on any atom is 0.124 e. The molecular formula is C17H16N2O. The highest BCUT2D eigenvalue weighted by Gasteiger charge is 2.27. The zero-order chi connectivity index (χ0) is 13.9. The SMILES string of the molecule is CC1COc2ccccc2C1Nc1ccccc1C#N. The van der Waals surface area contributed by atoms with Crippen molar-refractivity contribution < 1.29 is 4.74 Å². The van der Waals surface area contributed by atoms with E-state index in [-0.39, 0.29) is 6.04 Å². The zero-order valence-corrected chi connectivity index (χ0v) is 11.3. The van der Waals surface area contributed by atoms with Crippen molar-refractivity contribution in [1.29, 1.82) is 5.26 Å². The first-order valence-corrected chi connectivity index (χ1v) is 6.77. The lowest BCUT2D eigenvalue weighted by Gasteiger charge is -2.33. The van der Waals surface area contributed by atoms with Gasteiger partial charge in [-0.15, -0.1) is 0 Å². The molecule has 0 radical (unpaired) electrons. The monoisotopic (exact) mass is 264 g/mol. The molecule has 2 aromatic carbocycles. The molecule has 0 saturated heterocycles. The van der Waals surface area contributed by atoms with Crippen LogP contribution in [0.5, 0.6) is 5.75 Å². The van der Waals surface area contributed by atoms with Crippen LogP contribution in [0.3, 0.4) is 0 Å². The molecule has 20 heavy (non-hydrogen) atoms. The Bertz CT molecular complexity index is 660. The Balaban J connectivity index is 1.96. The highest BCUT2D eigenvalue weighted by molar-refractivity contribution is 5.59. The lowest BCUT2D eigenvalue weighted by molar-refractivity contribution is 0.214. The van der Waals surface area contributed by atoms with Crippen molar-refractivity contribution in [2.45, 2.75) is 13.0 Å². The van der Waals surface area contributed by atoms with Gasteiger partial charge in [-0.25, -0.2) is 0 Å². The second kappa shape index (κ2) is 5.26. The summed E-state index contributed by atoms with van der Waals surface area (Å²) in [6.07, 6.45) is 0. The zero-order valence-electron chi connectivity index (χ0n) is 11.3. The van der Waals surface area contributed by atoms with Crippen LogP contribution in [0.15, 0.2) is 48.5 Å². The number of hydrogen-bond acceptors (Lipinski definition) is 3. The van der Waals surface area contributed by atoms with Crippen LogP contribution in [0.25, 0.3) is 0 Å². The van der Waals surface area contributed by atoms with E-state index < -0.39 is 0 Å². The average Bonchev–Trinajstić information content (AvgIpc) is 2.50. The number of anilines is 1. The van der Waals surface area contributed by atoms with Crippen LogP contribution in [0.2, 0.25) is 0 Å². The number of nitrogens with zero attached hydrogens (tertiary/aromatic N) is 1. The van der Waals surface area contributed by atoms with Crippen LogP contribution in [0, 0.1) is 17.2 Å². The van der Waals surface area contributed by atoms with E-state index >= 15 is 0 Å². The van der Waals surface area contributed by atoms with Crippen LogP contribution in [0.1, 0.15) is 24.1 Å². The molecule has 0 spiro atoms. The van der Waals surface area contributed by atoms with Gasteiger partial charge in [0.25, 0.3) is 0 Å². The van der Waals surface area contributed by atoms with E-state index in [4.69, 9.17) is 4.74 Å². The second-order valence-electron chi connectivity index (χ2n) is 5.11. The molecule has 0 saturated carbocycles. The quantitative estimate of drug-likeness (QED) is 0.898. The molecule has 1 N–H and O–H groups in total. The first-order valence-electron chi connectivity index (χ1n) is 6.77. The van der Waals surface area contributed by atoms with Gasteiger partial charge in [0.1, 0.15) is 11.8 Å². The number of hydrogen-bond donors (Lipinski definition) is 1. The summed E-state index contributed by atoms with van der Waals surface area (Å²) in [4.78, 5) is 0. The number of ether oxygens (including phenoxy) is 1. The van der Waals surface area contributed by atoms with Gasteiger partial charge in [0.15, 0.2) is 0 Å². The van der Waals surface area contributed by atoms with Crippen molar-refractivity contribution in [3.05, 3.63) is 59.7 Å². The summed E-state index contributed by atoms with van der Waals surface area (Å²) in [6, 6.07) is 18.1. The lowest BCUT2D eigenvalue weighted by Crippen LogP contribution is -2.29. The van der Waals surface area contributed by atoms with Crippen LogP contribution < -0.4 is 10.1 Å². The predicted molar refractivity (Wildman–Crippen MR) is 78.6 cm³/mol. The fourth-order valence-electron chi connectivity index (χ4n) is 2.59. The Labute approximate surface area is 118 Å². The third-order valence-electron chi connectivity index (χ3n) is 3.68. The first kappa shape index (κ1) is 12.6. The molecule has 0 amide bonds. The van der Waals surface area contributed by atoms with E-state index in [2.05, 4.69) is 24.4 Å². The summed E-state index contributed by atoms with van der Waals surface area (Å²) in [5.74, 6) is 1.27. The fourth-order valence-corrected chi connectivity index (χ4v) is 2.59. The van der Waals surface area contributed by atoms with Gasteiger partial charge < -0.3 is 10.1 Å². The molecule has 2 unspecified atom stereocenters. The van der Waals surface area contributed by atoms with Crippen LogP contribution in [0.4, 0.5) is 5.69 Å². The Hall–Kier alpha value is -2.47. The number of rotatable bonds is 2. The molecule has 3 rings (SSSR count). The molecule has 0 fully saturated rings. The van der Waals surface area contributed by atoms with Gasteiger partial charge in [0.05, 0.1) is 23.9 Å². The summed E-state index contributed by atoms with van der Waals surface area (Å²) in [6.45, 7) is 2.84. The molecule has 3 heteroatoms. The molecule has 1 aliphatic rings. The van der Waals surface area contributed by atoms with E-state index in [0.717, 1.165) is 17.0 Å². The Morgan fingerprint density at radius 1 is 1.15 bits per heavy atom. The van der Waals surface area contributed by atoms with Crippen LogP contribution in [-0.2, 0) is 0 Å². The van der Waals surface area contributed by atoms with Gasteiger partial charge in [-0.2, -0.15) is 5.26 Å². The van der Waals surface area contributed by atoms with Crippen molar-refractivity contribution in [3.8, 4) is 11.8 Å². The summed E-state index contributed by atoms with van der Waals surface area (Å²) in [5, 5.41) is 12.7. The predicted octanol–water partition coefficient (Wildman–Crippen LogP) is 3.74. The van der Waals surface area contributed by atoms with Gasteiger partial charge in [0.2, 0.25) is 0 Å². The molecular weight excluding hydrogens is 248 g/mol. The lowest BCUT2D eigenvalue weighted by atomic mass is 9.91. The standard InChI is InChI=1S/C17H16N2O/c1-12-11-20-16-9-5-3-7-14(16)17(12)19-15-8-4-2-6-13(15)10-18/h2-9,12,17,19H,11H2,1H3. The number of benzene rings is 2. The highest BCUT2D eigenvalue weighted by Crippen LogP contribution is 2.37. The molecule has 2 aromatic rings. The molecule has 2 atom stereocenters. The van der Waals surface area contributed by atoms with Crippen molar-refractivity contribution in [2.24, 2.45) is 5.92 Å². The minimum atomic E-state index is 0.162. The smallest absolute Gasteiger partial charge is 0.124 e. The summed E-state index contributed by atoms with van der Waals surface area (Å²) >= 11 is 0. The maximum atomic E-state index is 9.19. The number of nitriles is 1. The van der Waals surface area contributed by atoms with Crippen molar-refractivity contribution in [2.75, 3.05) is 11.9 Å². The fraction of sp³-hybridized carbons (Fsp3) is 0.235. The van der Waals surface area contributed by atoms with Crippen molar-refractivity contribution >= 4 is 5.69 Å². The van der Waals surface area contributed by atoms with Crippen molar-refractivity contribution in [1.82, 2.24) is 0 Å². The molecule has 1 heterocycles. The number of nitrogens with one attached hydrogen (secondary N) is 1. The summed E-state index contributed by atoms with van der Waals surface area (Å²) < 4.78 is 5.76. The summed E-state index contributed by atoms with van der Waals surface area (Å²) in [5.41, 5.74) is 2.70. The second-order valence-corrected chi connectivity index (χ2v) is 5.11. The Kier molecular flexibility index (Phi) is 3.30. The molecule has 0 aliphatic carbocycles. The summed E-state index contributed by atoms with van der Waals surface area (Å²) in [7, 11) is 0. The molecule has 3 nitrogen and oxygen atoms in total. The van der Waals surface area contributed by atoms with E-state index in [1.165, 1.54) is 0 Å². The van der Waals surface area contributed by atoms with Crippen LogP contribution >= 0.6 is 0 Å². The van der Waals surface area contributed by atoms with E-state index in [9.17, 15) is 5.26 Å². The van der Waals surface area contributed by atoms with E-state index in [1.54, 1.807) is 0 Å². The topological polar surface area (TPSA) is 45.0 Å². The molecule has 0 bridgehead atoms. The van der Waals surface area contributed by atoms with Gasteiger partial charge >= 0.3 is 0 Å². The molecule has 100 valence electrons. The maximum absolute atomic E-state index is 9.19. The van der Waals surface area contributed by atoms with Gasteiger partial charge in [0, 0.05) is 11.5 Å². The molecule has 0 aromatic heterocycles. The van der Waals surface area contributed by atoms with Crippen molar-refractivity contribution in [3.63, 3.8) is 0 Å². The minimum Gasteiger partial charge on any atom is -0.493 e. The first-order chi connectivity index (χ1) is 9.79. The average molecular weight is 264 g/mol. The van der Waals surface area contributed by atoms with Crippen LogP contribution in [-0.4, -0.2) is 6.61 Å². The molecule has 1 aliphatic heterocycles. The van der Waals surface area contributed by atoms with E-state index in [1.807, 2.05) is 42.5 Å². The largest absolute Gasteiger partial charge is 0.493 e. The van der Waals surface area contributed by atoms with Gasteiger partial charge in [-0.1, -0.05) is 37.3 Å². The normalized spacial score (nSPS) is 20.4. The van der Waals surface area contributed by atoms with Gasteiger partial charge in [-0.05, 0) is 18.2 Å². The third kappa shape index (κ3) is 2.21. The minimum absolute atomic E-state index is 0.162. The van der Waals surface area contributed by atoms with E-state index in [0.29, 0.717) is 18.1 Å². The van der Waals surface area contributed by atoms with Gasteiger partial charge in [-0.3, -0.25) is 0 Å². The third-order valence-corrected chi connectivity index (χ3v) is 3.68. The Morgan fingerprint density at radius 2 is 1.90 bits per heavy atom.